The van der Waals surface area contributed by atoms with Gasteiger partial charge in [-0.2, -0.15) is 5.10 Å². The average molecular weight is 351 g/mol. The van der Waals surface area contributed by atoms with E-state index >= 15 is 0 Å². The van der Waals surface area contributed by atoms with Crippen LogP contribution in [0.1, 0.15) is 0 Å². The lowest BCUT2D eigenvalue weighted by atomic mass is 10.1. The van der Waals surface area contributed by atoms with E-state index in [4.69, 9.17) is 22.6 Å². The van der Waals surface area contributed by atoms with E-state index in [9.17, 15) is 4.79 Å². The normalized spacial score (nSPS) is 10.8. The molecule has 0 amide bonds. The fourth-order valence-corrected chi connectivity index (χ4v) is 2.59. The van der Waals surface area contributed by atoms with Gasteiger partial charge in [-0.3, -0.25) is 9.89 Å². The first-order valence-corrected chi connectivity index (χ1v) is 7.78. The Bertz CT molecular complexity index is 845. The molecule has 2 heterocycles. The first-order chi connectivity index (χ1) is 11.0. The Labute approximate surface area is 139 Å². The van der Waals surface area contributed by atoms with Crippen molar-refractivity contribution in [1.29, 1.82) is 0 Å². The molecule has 0 aliphatic heterocycles. The molecule has 3 rings (SSSR count). The van der Waals surface area contributed by atoms with Gasteiger partial charge in [-0.05, 0) is 18.2 Å². The maximum Gasteiger partial charge on any atom is 0.313 e. The molecule has 0 bridgehead atoms. The highest BCUT2D eigenvalue weighted by atomic mass is 35.5. The zero-order valence-corrected chi connectivity index (χ0v) is 13.2. The molecule has 0 saturated heterocycles. The molecule has 3 aromatic rings. The molecule has 10 heteroatoms. The number of nitrogens with zero attached hydrogens (tertiary/aromatic N) is 4. The van der Waals surface area contributed by atoms with Gasteiger partial charge in [0.15, 0.2) is 0 Å². The van der Waals surface area contributed by atoms with Gasteiger partial charge in [0.2, 0.25) is 11.0 Å². The number of nitrogens with one attached hydrogen (secondary N) is 1. The first-order valence-electron chi connectivity index (χ1n) is 6.41. The van der Waals surface area contributed by atoms with Crippen molar-refractivity contribution in [3.05, 3.63) is 35.4 Å². The van der Waals surface area contributed by atoms with E-state index in [1.165, 1.54) is 4.68 Å². The Morgan fingerprint density at radius 1 is 1.35 bits per heavy atom. The summed E-state index contributed by atoms with van der Waals surface area (Å²) in [4.78, 5) is 10.6. The van der Waals surface area contributed by atoms with Gasteiger partial charge < -0.3 is 10.9 Å². The van der Waals surface area contributed by atoms with E-state index in [0.29, 0.717) is 27.4 Å². The zero-order chi connectivity index (χ0) is 16.4. The number of thioether (sulfide) groups is 1. The van der Waals surface area contributed by atoms with Crippen molar-refractivity contribution in [2.24, 2.45) is 0 Å². The molecule has 0 atom stereocenters. The van der Waals surface area contributed by atoms with E-state index in [1.54, 1.807) is 18.2 Å². The summed E-state index contributed by atoms with van der Waals surface area (Å²) in [5.41, 5.74) is 2.17. The average Bonchev–Trinajstić information content (AvgIpc) is 3.13. The molecule has 0 aliphatic carbocycles. The fourth-order valence-electron chi connectivity index (χ4n) is 1.89. The Kier molecular flexibility index (Phi) is 4.22. The number of rotatable bonds is 5. The van der Waals surface area contributed by atoms with Gasteiger partial charge in [0.05, 0.1) is 11.4 Å². The smallest absolute Gasteiger partial charge is 0.313 e. The van der Waals surface area contributed by atoms with Crippen LogP contribution in [0.5, 0.6) is 0 Å². The van der Waals surface area contributed by atoms with Crippen molar-refractivity contribution in [1.82, 2.24) is 25.1 Å². The number of hydrogen-bond acceptors (Lipinski definition) is 6. The fraction of sp³-hybridized carbons (Fsp3) is 0.0769. The second-order valence-corrected chi connectivity index (χ2v) is 5.91. The van der Waals surface area contributed by atoms with E-state index in [2.05, 4.69) is 20.4 Å². The van der Waals surface area contributed by atoms with Crippen LogP contribution < -0.4 is 5.84 Å². The molecule has 0 radical (unpaired) electrons. The maximum atomic E-state index is 10.6. The molecule has 2 aromatic heterocycles. The third-order valence-electron chi connectivity index (χ3n) is 2.95. The molecule has 0 fully saturated rings. The van der Waals surface area contributed by atoms with E-state index in [-0.39, 0.29) is 5.75 Å². The Hall–Kier alpha value is -2.52. The van der Waals surface area contributed by atoms with Crippen LogP contribution in [0.2, 0.25) is 5.02 Å². The number of halogens is 1. The molecule has 118 valence electrons. The monoisotopic (exact) mass is 350 g/mol. The molecule has 0 spiro atoms. The SMILES string of the molecule is Nn1c(SCC(=O)O)nnc1-c1cc(-c2ccc(Cl)cc2)n[nH]1. The summed E-state index contributed by atoms with van der Waals surface area (Å²) >= 11 is 6.86. The van der Waals surface area contributed by atoms with Crippen molar-refractivity contribution in [3.8, 4) is 22.8 Å². The van der Waals surface area contributed by atoms with Gasteiger partial charge in [-0.15, -0.1) is 10.2 Å². The van der Waals surface area contributed by atoms with Crippen molar-refractivity contribution in [2.75, 3.05) is 11.6 Å². The number of nitrogen functional groups attached to an aromatic ring is 1. The predicted octanol–water partition coefficient (Wildman–Crippen LogP) is 1.88. The molecule has 1 aromatic carbocycles. The number of carboxylic acids is 1. The van der Waals surface area contributed by atoms with Crippen LogP contribution in [0.4, 0.5) is 0 Å². The lowest BCUT2D eigenvalue weighted by molar-refractivity contribution is -0.133. The molecular weight excluding hydrogens is 340 g/mol. The number of aromatic nitrogens is 5. The number of H-pyrrole nitrogens is 1. The molecule has 4 N–H and O–H groups in total. The van der Waals surface area contributed by atoms with Gasteiger partial charge in [-0.25, -0.2) is 4.68 Å². The highest BCUT2D eigenvalue weighted by Crippen LogP contribution is 2.25. The van der Waals surface area contributed by atoms with Crippen LogP contribution in [-0.4, -0.2) is 41.9 Å². The number of nitrogens with two attached hydrogens (primary N) is 1. The van der Waals surface area contributed by atoms with Crippen LogP contribution in [0.3, 0.4) is 0 Å². The standard InChI is InChI=1S/C13H11ClN6O2S/c14-8-3-1-7(2-4-8)9-5-10(17-16-9)12-18-19-13(20(12)15)23-6-11(21)22/h1-5H,6,15H2,(H,16,17)(H,21,22). The van der Waals surface area contributed by atoms with Crippen molar-refractivity contribution >= 4 is 29.3 Å². The molecule has 0 aliphatic rings. The molecule has 23 heavy (non-hydrogen) atoms. The zero-order valence-electron chi connectivity index (χ0n) is 11.6. The minimum atomic E-state index is -0.953. The Balaban J connectivity index is 1.86. The number of carbonyl (C=O) groups is 1. The van der Waals surface area contributed by atoms with E-state index in [0.717, 1.165) is 17.3 Å². The second kappa shape index (κ2) is 6.31. The van der Waals surface area contributed by atoms with E-state index < -0.39 is 5.97 Å². The first kappa shape index (κ1) is 15.4. The largest absolute Gasteiger partial charge is 0.481 e. The van der Waals surface area contributed by atoms with E-state index in [1.807, 2.05) is 12.1 Å². The quantitative estimate of drug-likeness (QED) is 0.474. The second-order valence-electron chi connectivity index (χ2n) is 4.53. The summed E-state index contributed by atoms with van der Waals surface area (Å²) in [6, 6.07) is 9.03. The van der Waals surface area contributed by atoms with Crippen LogP contribution >= 0.6 is 23.4 Å². The molecule has 0 unspecified atom stereocenters. The summed E-state index contributed by atoms with van der Waals surface area (Å²) in [6.07, 6.45) is 0. The predicted molar refractivity (Wildman–Crippen MR) is 86.6 cm³/mol. The number of aliphatic carboxylic acids is 1. The molecule has 0 saturated carbocycles. The Morgan fingerprint density at radius 2 is 2.09 bits per heavy atom. The number of carboxylic acid groups (broad SMARTS) is 1. The summed E-state index contributed by atoms with van der Waals surface area (Å²) in [7, 11) is 0. The summed E-state index contributed by atoms with van der Waals surface area (Å²) < 4.78 is 1.23. The maximum absolute atomic E-state index is 10.6. The summed E-state index contributed by atoms with van der Waals surface area (Å²) in [6.45, 7) is 0. The number of hydrogen-bond donors (Lipinski definition) is 3. The van der Waals surface area contributed by atoms with Crippen LogP contribution in [-0.2, 0) is 4.79 Å². The summed E-state index contributed by atoms with van der Waals surface area (Å²) in [5.74, 6) is 5.17. The lowest BCUT2D eigenvalue weighted by Crippen LogP contribution is -2.12. The highest BCUT2D eigenvalue weighted by Gasteiger charge is 2.16. The van der Waals surface area contributed by atoms with Crippen LogP contribution in [0.15, 0.2) is 35.5 Å². The lowest BCUT2D eigenvalue weighted by Gasteiger charge is -2.00. The Morgan fingerprint density at radius 3 is 2.78 bits per heavy atom. The van der Waals surface area contributed by atoms with Gasteiger partial charge >= 0.3 is 5.97 Å². The van der Waals surface area contributed by atoms with Crippen molar-refractivity contribution in [3.63, 3.8) is 0 Å². The third kappa shape index (κ3) is 3.30. The van der Waals surface area contributed by atoms with Gasteiger partial charge in [0, 0.05) is 10.6 Å². The van der Waals surface area contributed by atoms with Gasteiger partial charge in [0.1, 0.15) is 5.69 Å². The van der Waals surface area contributed by atoms with Gasteiger partial charge in [0.25, 0.3) is 0 Å². The number of aromatic amines is 1. The summed E-state index contributed by atoms with van der Waals surface area (Å²) in [5, 5.41) is 24.5. The topological polar surface area (TPSA) is 123 Å². The third-order valence-corrected chi connectivity index (χ3v) is 4.13. The van der Waals surface area contributed by atoms with Crippen LogP contribution in [0, 0.1) is 0 Å². The van der Waals surface area contributed by atoms with Crippen molar-refractivity contribution < 1.29 is 9.90 Å². The van der Waals surface area contributed by atoms with Crippen LogP contribution in [0.25, 0.3) is 22.8 Å². The minimum Gasteiger partial charge on any atom is -0.481 e. The van der Waals surface area contributed by atoms with Gasteiger partial charge in [-0.1, -0.05) is 35.5 Å². The minimum absolute atomic E-state index is 0.145. The molecular formula is C13H11ClN6O2S. The highest BCUT2D eigenvalue weighted by molar-refractivity contribution is 7.99. The molecule has 8 nitrogen and oxygen atoms in total. The van der Waals surface area contributed by atoms with Crippen molar-refractivity contribution in [2.45, 2.75) is 5.16 Å². The number of benzene rings is 1.